The molecule has 2 aromatic rings. The van der Waals surface area contributed by atoms with Crippen molar-refractivity contribution in [2.75, 3.05) is 0 Å². The van der Waals surface area contributed by atoms with Gasteiger partial charge in [0.15, 0.2) is 0 Å². The first-order chi connectivity index (χ1) is 13.4. The van der Waals surface area contributed by atoms with Crippen LogP contribution in [0.4, 0.5) is 0 Å². The quantitative estimate of drug-likeness (QED) is 0.521. The molecule has 28 heavy (non-hydrogen) atoms. The predicted molar refractivity (Wildman–Crippen MR) is 97.0 cm³/mol. The molecule has 0 aliphatic heterocycles. The molecular weight excluding hydrogens is 368 g/mol. The monoisotopic (exact) mass is 388 g/mol. The highest BCUT2D eigenvalue weighted by Gasteiger charge is 2.12. The Morgan fingerprint density at radius 1 is 0.607 bits per heavy atom. The van der Waals surface area contributed by atoms with Crippen molar-refractivity contribution < 1.29 is 38.9 Å². The summed E-state index contributed by atoms with van der Waals surface area (Å²) in [6.45, 7) is 0.317. The van der Waals surface area contributed by atoms with Crippen LogP contribution in [0, 0.1) is 0 Å². The first-order valence-electron chi connectivity index (χ1n) is 8.19. The molecule has 2 aromatic carbocycles. The Morgan fingerprint density at radius 3 is 1.25 bits per heavy atom. The van der Waals surface area contributed by atoms with Crippen molar-refractivity contribution in [3.63, 3.8) is 0 Å². The largest absolute Gasteiger partial charge is 0.481 e. The van der Waals surface area contributed by atoms with Crippen molar-refractivity contribution in [3.05, 3.63) is 71.8 Å². The van der Waals surface area contributed by atoms with E-state index in [1.807, 2.05) is 60.7 Å². The van der Waals surface area contributed by atoms with E-state index in [1.165, 1.54) is 0 Å². The van der Waals surface area contributed by atoms with Gasteiger partial charge in [-0.25, -0.2) is 0 Å². The van der Waals surface area contributed by atoms with Crippen LogP contribution >= 0.6 is 0 Å². The van der Waals surface area contributed by atoms with E-state index in [1.54, 1.807) is 0 Å². The number of rotatable bonds is 8. The molecule has 2 N–H and O–H groups in total. The number of carboxylic acids is 2. The molecule has 148 valence electrons. The lowest BCUT2D eigenvalue weighted by atomic mass is 10.2. The van der Waals surface area contributed by atoms with E-state index < -0.39 is 30.3 Å². The van der Waals surface area contributed by atoms with Gasteiger partial charge >= 0.3 is 23.9 Å². The second-order valence-electron chi connectivity index (χ2n) is 5.43. The van der Waals surface area contributed by atoms with Crippen LogP contribution in [-0.2, 0) is 41.9 Å². The fourth-order valence-electron chi connectivity index (χ4n) is 1.83. The van der Waals surface area contributed by atoms with E-state index in [4.69, 9.17) is 19.7 Å². The Hall–Kier alpha value is -3.68. The molecule has 8 heteroatoms. The number of ether oxygens (including phenoxy) is 2. The molecule has 0 aromatic heterocycles. The Bertz CT molecular complexity index is 706. The van der Waals surface area contributed by atoms with E-state index in [0.717, 1.165) is 11.1 Å². The van der Waals surface area contributed by atoms with Gasteiger partial charge in [-0.05, 0) is 11.1 Å². The van der Waals surface area contributed by atoms with Gasteiger partial charge in [-0.15, -0.1) is 0 Å². The Morgan fingerprint density at radius 2 is 0.964 bits per heavy atom. The lowest BCUT2D eigenvalue weighted by Gasteiger charge is -2.06. The third-order valence-corrected chi connectivity index (χ3v) is 3.08. The summed E-state index contributed by atoms with van der Waals surface area (Å²) in [4.78, 5) is 41.9. The van der Waals surface area contributed by atoms with Crippen LogP contribution in [0.5, 0.6) is 0 Å². The second kappa shape index (κ2) is 12.6. The SMILES string of the molecule is O=C(CC(=O)OCc1ccccc1)OCc1ccccc1.O=C(O)CC(=O)O. The van der Waals surface area contributed by atoms with E-state index >= 15 is 0 Å². The molecule has 0 amide bonds. The highest BCUT2D eigenvalue weighted by atomic mass is 16.6. The highest BCUT2D eigenvalue weighted by Crippen LogP contribution is 2.04. The Kier molecular flexibility index (Phi) is 10.1. The summed E-state index contributed by atoms with van der Waals surface area (Å²) in [6, 6.07) is 18.6. The van der Waals surface area contributed by atoms with Crippen LogP contribution in [0.3, 0.4) is 0 Å². The Labute approximate surface area is 161 Å². The Balaban J connectivity index is 0.000000480. The normalized spacial score (nSPS) is 9.43. The van der Waals surface area contributed by atoms with Crippen molar-refractivity contribution >= 4 is 23.9 Å². The number of carboxylic acid groups (broad SMARTS) is 2. The molecule has 0 radical (unpaired) electrons. The van der Waals surface area contributed by atoms with Gasteiger partial charge in [-0.1, -0.05) is 60.7 Å². The van der Waals surface area contributed by atoms with Crippen LogP contribution in [0.15, 0.2) is 60.7 Å². The maximum absolute atomic E-state index is 11.5. The molecule has 2 rings (SSSR count). The maximum atomic E-state index is 11.5. The van der Waals surface area contributed by atoms with Gasteiger partial charge < -0.3 is 19.7 Å². The summed E-state index contributed by atoms with van der Waals surface area (Å²) in [5.41, 5.74) is 1.76. The molecule has 8 nitrogen and oxygen atoms in total. The highest BCUT2D eigenvalue weighted by molar-refractivity contribution is 5.91. The standard InChI is InChI=1S/C17H16O4.C3H4O4/c18-16(20-12-14-7-3-1-4-8-14)11-17(19)21-13-15-9-5-2-6-10-15;4-2(5)1-3(6)7/h1-10H,11-13H2;1H2,(H,4,5)(H,6,7). The van der Waals surface area contributed by atoms with E-state index in [-0.39, 0.29) is 19.6 Å². The summed E-state index contributed by atoms with van der Waals surface area (Å²) in [6.07, 6.45) is -1.18. The third-order valence-electron chi connectivity index (χ3n) is 3.08. The van der Waals surface area contributed by atoms with Gasteiger partial charge in [0, 0.05) is 0 Å². The average molecular weight is 388 g/mol. The van der Waals surface area contributed by atoms with Crippen molar-refractivity contribution in [2.45, 2.75) is 26.1 Å². The summed E-state index contributed by atoms with van der Waals surface area (Å²) < 4.78 is 10.0. The zero-order chi connectivity index (χ0) is 20.8. The molecule has 0 saturated carbocycles. The number of benzene rings is 2. The topological polar surface area (TPSA) is 127 Å². The average Bonchev–Trinajstić information content (AvgIpc) is 2.66. The maximum Gasteiger partial charge on any atom is 0.317 e. The fourth-order valence-corrected chi connectivity index (χ4v) is 1.83. The van der Waals surface area contributed by atoms with Crippen LogP contribution in [0.2, 0.25) is 0 Å². The molecule has 0 fully saturated rings. The van der Waals surface area contributed by atoms with Gasteiger partial charge in [0.2, 0.25) is 0 Å². The summed E-state index contributed by atoms with van der Waals surface area (Å²) in [7, 11) is 0. The van der Waals surface area contributed by atoms with Crippen molar-refractivity contribution in [3.8, 4) is 0 Å². The van der Waals surface area contributed by atoms with Crippen LogP contribution < -0.4 is 0 Å². The van der Waals surface area contributed by atoms with Gasteiger partial charge in [-0.2, -0.15) is 0 Å². The van der Waals surface area contributed by atoms with Crippen LogP contribution in [0.1, 0.15) is 24.0 Å². The second-order valence-corrected chi connectivity index (χ2v) is 5.43. The predicted octanol–water partition coefficient (Wildman–Crippen LogP) is 2.41. The molecular formula is C20H20O8. The number of hydrogen-bond donors (Lipinski definition) is 2. The zero-order valence-electron chi connectivity index (χ0n) is 14.9. The summed E-state index contributed by atoms with van der Waals surface area (Å²) in [5.74, 6) is -3.80. The first kappa shape index (κ1) is 22.4. The first-order valence-corrected chi connectivity index (χ1v) is 8.19. The molecule has 0 atom stereocenters. The van der Waals surface area contributed by atoms with Gasteiger partial charge in [-0.3, -0.25) is 19.2 Å². The molecule has 0 bridgehead atoms. The summed E-state index contributed by atoms with van der Waals surface area (Å²) in [5, 5.41) is 15.4. The lowest BCUT2D eigenvalue weighted by Crippen LogP contribution is -2.13. The minimum absolute atomic E-state index is 0.158. The number of esters is 2. The molecule has 0 heterocycles. The van der Waals surface area contributed by atoms with Crippen molar-refractivity contribution in [1.82, 2.24) is 0 Å². The molecule has 0 aliphatic rings. The van der Waals surface area contributed by atoms with Gasteiger partial charge in [0.1, 0.15) is 26.1 Å². The number of aliphatic carboxylic acids is 2. The lowest BCUT2D eigenvalue weighted by molar-refractivity contribution is -0.156. The number of carbonyl (C=O) groups excluding carboxylic acids is 2. The molecule has 0 unspecified atom stereocenters. The van der Waals surface area contributed by atoms with E-state index in [2.05, 4.69) is 0 Å². The minimum atomic E-state index is -1.31. The van der Waals surface area contributed by atoms with Crippen molar-refractivity contribution in [2.24, 2.45) is 0 Å². The van der Waals surface area contributed by atoms with Crippen LogP contribution in [-0.4, -0.2) is 34.1 Å². The minimum Gasteiger partial charge on any atom is -0.481 e. The number of carbonyl (C=O) groups is 4. The molecule has 0 spiro atoms. The smallest absolute Gasteiger partial charge is 0.317 e. The zero-order valence-corrected chi connectivity index (χ0v) is 14.9. The van der Waals surface area contributed by atoms with Crippen molar-refractivity contribution in [1.29, 1.82) is 0 Å². The third kappa shape index (κ3) is 11.0. The fraction of sp³-hybridized carbons (Fsp3) is 0.200. The van der Waals surface area contributed by atoms with Gasteiger partial charge in [0.05, 0.1) is 0 Å². The van der Waals surface area contributed by atoms with Crippen LogP contribution in [0.25, 0.3) is 0 Å². The molecule has 0 aliphatic carbocycles. The van der Waals surface area contributed by atoms with E-state index in [0.29, 0.717) is 0 Å². The molecule has 0 saturated heterocycles. The summed E-state index contributed by atoms with van der Waals surface area (Å²) >= 11 is 0. The van der Waals surface area contributed by atoms with Gasteiger partial charge in [0.25, 0.3) is 0 Å². The number of hydrogen-bond acceptors (Lipinski definition) is 6. The van der Waals surface area contributed by atoms with E-state index in [9.17, 15) is 19.2 Å².